The van der Waals surface area contributed by atoms with E-state index >= 15 is 0 Å². The second-order valence-electron chi connectivity index (χ2n) is 8.12. The van der Waals surface area contributed by atoms with Gasteiger partial charge in [0.15, 0.2) is 0 Å². The molecule has 1 saturated heterocycles. The van der Waals surface area contributed by atoms with Gasteiger partial charge in [-0.15, -0.1) is 0 Å². The largest absolute Gasteiger partial charge is 0.478 e. The Balaban J connectivity index is 1.88. The molecule has 2 aromatic carbocycles. The number of nitrogens with zero attached hydrogens (tertiary/aromatic N) is 3. The fourth-order valence-electron chi connectivity index (χ4n) is 4.57. The molecule has 1 aliphatic heterocycles. The van der Waals surface area contributed by atoms with E-state index < -0.39 is 28.2 Å². The molecule has 0 amide bonds. The van der Waals surface area contributed by atoms with Gasteiger partial charge >= 0.3 is 5.97 Å². The molecule has 1 fully saturated rings. The lowest BCUT2D eigenvalue weighted by Gasteiger charge is -2.32. The molecule has 1 N–H and O–H groups in total. The molecule has 0 radical (unpaired) electrons. The number of fused-ring (bicyclic) bond motifs is 2. The van der Waals surface area contributed by atoms with E-state index in [1.807, 2.05) is 4.90 Å². The minimum absolute atomic E-state index is 0.00140. The Kier molecular flexibility index (Phi) is 4.57. The molecule has 0 aliphatic carbocycles. The first kappa shape index (κ1) is 20.8. The summed E-state index contributed by atoms with van der Waals surface area (Å²) in [6.07, 6.45) is 0. The van der Waals surface area contributed by atoms with Crippen molar-refractivity contribution in [1.82, 2.24) is 9.13 Å². The number of carboxylic acid groups (broad SMARTS) is 1. The fraction of sp³-hybridized carbons (Fsp3) is 0.261. The van der Waals surface area contributed by atoms with Crippen LogP contribution in [0.1, 0.15) is 15.9 Å². The highest BCUT2D eigenvalue weighted by Gasteiger charge is 2.25. The normalized spacial score (nSPS) is 14.4. The number of carbonyl (C=O) groups is 1. The lowest BCUT2D eigenvalue weighted by Crippen LogP contribution is -2.38. The third-order valence-electron chi connectivity index (χ3n) is 6.19. The molecule has 1 aliphatic rings. The number of anilines is 1. The molecule has 5 rings (SSSR count). The summed E-state index contributed by atoms with van der Waals surface area (Å²) in [5.41, 5.74) is -1.20. The molecule has 4 aromatic rings. The molecule has 0 spiro atoms. The Hall–Kier alpha value is -4.05. The molecule has 168 valence electrons. The summed E-state index contributed by atoms with van der Waals surface area (Å²) in [5.74, 6) is -1.19. The maximum Gasteiger partial charge on any atom is 0.335 e. The van der Waals surface area contributed by atoms with E-state index in [1.165, 1.54) is 31.3 Å². The van der Waals surface area contributed by atoms with Crippen molar-refractivity contribution in [3.63, 3.8) is 0 Å². The van der Waals surface area contributed by atoms with Crippen LogP contribution >= 0.6 is 0 Å². The second-order valence-corrected chi connectivity index (χ2v) is 8.12. The predicted octanol–water partition coefficient (Wildman–Crippen LogP) is 0.282. The van der Waals surface area contributed by atoms with Crippen molar-refractivity contribution < 1.29 is 14.6 Å². The van der Waals surface area contributed by atoms with Crippen molar-refractivity contribution in [2.75, 3.05) is 31.2 Å². The van der Waals surface area contributed by atoms with E-state index in [0.29, 0.717) is 37.6 Å². The molecule has 10 heteroatoms. The summed E-state index contributed by atoms with van der Waals surface area (Å²) < 4.78 is 7.27. The first-order chi connectivity index (χ1) is 15.7. The van der Waals surface area contributed by atoms with Crippen molar-refractivity contribution in [3.05, 3.63) is 76.8 Å². The van der Waals surface area contributed by atoms with Crippen molar-refractivity contribution in [2.45, 2.75) is 6.92 Å². The van der Waals surface area contributed by atoms with Gasteiger partial charge in [0.25, 0.3) is 22.2 Å². The molecule has 0 unspecified atom stereocenters. The third-order valence-corrected chi connectivity index (χ3v) is 6.19. The maximum atomic E-state index is 13.4. The van der Waals surface area contributed by atoms with Gasteiger partial charge in [0, 0.05) is 20.1 Å². The summed E-state index contributed by atoms with van der Waals surface area (Å²) in [7, 11) is 1.33. The summed E-state index contributed by atoms with van der Waals surface area (Å²) in [4.78, 5) is 65.3. The SMILES string of the molecule is Cc1cc(C(=O)O)cc(-n2c(=O)c3cc4c(=O)n(C)c(=O)c4cc3c2=O)c1N1CCOCC1. The van der Waals surface area contributed by atoms with Gasteiger partial charge in [0.1, 0.15) is 0 Å². The van der Waals surface area contributed by atoms with Gasteiger partial charge in [-0.25, -0.2) is 9.36 Å². The molecule has 33 heavy (non-hydrogen) atoms. The highest BCUT2D eigenvalue weighted by atomic mass is 16.5. The number of rotatable bonds is 3. The van der Waals surface area contributed by atoms with Crippen molar-refractivity contribution in [2.24, 2.45) is 7.05 Å². The minimum Gasteiger partial charge on any atom is -0.478 e. The molecular formula is C23H19N3O7. The average Bonchev–Trinajstić information content (AvgIpc) is 3.17. The van der Waals surface area contributed by atoms with E-state index in [1.54, 1.807) is 6.92 Å². The number of ether oxygens (including phenoxy) is 1. The van der Waals surface area contributed by atoms with Gasteiger partial charge in [0.2, 0.25) is 0 Å². The van der Waals surface area contributed by atoms with Crippen LogP contribution < -0.4 is 27.1 Å². The van der Waals surface area contributed by atoms with Crippen LogP contribution in [0.5, 0.6) is 0 Å². The highest BCUT2D eigenvalue weighted by Crippen LogP contribution is 2.30. The molecule has 3 heterocycles. The Morgan fingerprint density at radius 3 is 1.88 bits per heavy atom. The van der Waals surface area contributed by atoms with Crippen molar-refractivity contribution >= 4 is 33.2 Å². The number of aryl methyl sites for hydroxylation is 1. The van der Waals surface area contributed by atoms with E-state index in [2.05, 4.69) is 0 Å². The van der Waals surface area contributed by atoms with Crippen LogP contribution in [0.2, 0.25) is 0 Å². The second kappa shape index (κ2) is 7.24. The Morgan fingerprint density at radius 2 is 1.36 bits per heavy atom. The van der Waals surface area contributed by atoms with E-state index in [0.717, 1.165) is 9.13 Å². The van der Waals surface area contributed by atoms with E-state index in [9.17, 15) is 29.1 Å². The van der Waals surface area contributed by atoms with Gasteiger partial charge in [-0.1, -0.05) is 0 Å². The quantitative estimate of drug-likeness (QED) is 0.473. The van der Waals surface area contributed by atoms with Crippen LogP contribution in [0.25, 0.3) is 27.2 Å². The predicted molar refractivity (Wildman–Crippen MR) is 122 cm³/mol. The summed E-state index contributed by atoms with van der Waals surface area (Å²) in [5, 5.41) is 9.71. The van der Waals surface area contributed by atoms with Crippen molar-refractivity contribution in [1.29, 1.82) is 0 Å². The molecule has 0 bridgehead atoms. The number of benzene rings is 2. The molecule has 0 atom stereocenters. The van der Waals surface area contributed by atoms with E-state index in [-0.39, 0.29) is 32.8 Å². The Bertz CT molecular complexity index is 1600. The minimum atomic E-state index is -1.19. The number of hydrogen-bond donors (Lipinski definition) is 1. The average molecular weight is 449 g/mol. The molecule has 10 nitrogen and oxygen atoms in total. The van der Waals surface area contributed by atoms with Gasteiger partial charge in [-0.05, 0) is 36.8 Å². The zero-order valence-corrected chi connectivity index (χ0v) is 17.9. The highest BCUT2D eigenvalue weighted by molar-refractivity contribution is 5.98. The van der Waals surface area contributed by atoms with Crippen LogP contribution in [0.15, 0.2) is 43.4 Å². The maximum absolute atomic E-state index is 13.4. The van der Waals surface area contributed by atoms with Gasteiger partial charge in [-0.3, -0.25) is 23.7 Å². The Labute approximate surface area is 185 Å². The van der Waals surface area contributed by atoms with E-state index in [4.69, 9.17) is 4.74 Å². The third kappa shape index (κ3) is 2.94. The summed E-state index contributed by atoms with van der Waals surface area (Å²) >= 11 is 0. The standard InChI is InChI=1S/C23H19N3O7/c1-11-7-12(23(31)32)8-17(18(11)25-3-5-33-6-4-25)26-21(29)15-9-13-14(10-16(15)22(26)30)20(28)24(2)19(13)27/h7-10H,3-6H2,1-2H3,(H,31,32). The lowest BCUT2D eigenvalue weighted by molar-refractivity contribution is 0.0696. The van der Waals surface area contributed by atoms with Gasteiger partial charge in [-0.2, -0.15) is 0 Å². The Morgan fingerprint density at radius 1 is 0.848 bits per heavy atom. The number of aromatic carboxylic acids is 1. The number of carboxylic acids is 1. The molecule has 0 saturated carbocycles. The topological polar surface area (TPSA) is 128 Å². The van der Waals surface area contributed by atoms with Crippen LogP contribution in [-0.4, -0.2) is 46.5 Å². The van der Waals surface area contributed by atoms with Crippen molar-refractivity contribution in [3.8, 4) is 5.69 Å². The smallest absolute Gasteiger partial charge is 0.335 e. The van der Waals surface area contributed by atoms with Crippen LogP contribution in [-0.2, 0) is 11.8 Å². The number of morpholine rings is 1. The number of hydrogen-bond acceptors (Lipinski definition) is 7. The summed E-state index contributed by atoms with van der Waals surface area (Å²) in [6.45, 7) is 3.64. The lowest BCUT2D eigenvalue weighted by atomic mass is 10.1. The first-order valence-corrected chi connectivity index (χ1v) is 10.3. The van der Waals surface area contributed by atoms with Crippen LogP contribution in [0.3, 0.4) is 0 Å². The zero-order chi connectivity index (χ0) is 23.6. The van der Waals surface area contributed by atoms with Gasteiger partial charge in [0.05, 0.1) is 51.7 Å². The first-order valence-electron chi connectivity index (χ1n) is 10.3. The molecule has 2 aromatic heterocycles. The van der Waals surface area contributed by atoms with Crippen LogP contribution in [0, 0.1) is 6.92 Å². The fourth-order valence-corrected chi connectivity index (χ4v) is 4.57. The summed E-state index contributed by atoms with van der Waals surface area (Å²) in [6, 6.07) is 5.35. The molecular weight excluding hydrogens is 430 g/mol. The number of aromatic nitrogens is 2. The zero-order valence-electron chi connectivity index (χ0n) is 17.9. The van der Waals surface area contributed by atoms with Crippen LogP contribution in [0.4, 0.5) is 5.69 Å². The monoisotopic (exact) mass is 449 g/mol. The van der Waals surface area contributed by atoms with Gasteiger partial charge < -0.3 is 14.7 Å².